The molecule has 0 amide bonds. The summed E-state index contributed by atoms with van der Waals surface area (Å²) >= 11 is 5.83. The van der Waals surface area contributed by atoms with E-state index in [9.17, 15) is 14.6 Å². The van der Waals surface area contributed by atoms with Gasteiger partial charge in [0.25, 0.3) is 0 Å². The molecule has 3 aromatic carbocycles. The third-order valence-corrected chi connectivity index (χ3v) is 6.11. The molecule has 0 spiro atoms. The standard InChI is InChI=1S/C25H24FNO2S/c26-20-11-9-17(10-12-20)5-4-8-24(30)27-14-13-19-15-22(28)23(29)16-21(19)25(27)18-6-2-1-3-7-18/h1-3,6-7,9-12,15-16,25,28-29H,4-5,8,13-14H2. The Morgan fingerprint density at radius 2 is 1.70 bits per heavy atom. The van der Waals surface area contributed by atoms with Crippen molar-refractivity contribution in [1.82, 2.24) is 4.90 Å². The van der Waals surface area contributed by atoms with Gasteiger partial charge in [-0.05, 0) is 72.2 Å². The molecule has 1 heterocycles. The van der Waals surface area contributed by atoms with Crippen molar-refractivity contribution >= 4 is 17.2 Å². The number of aromatic hydroxyl groups is 2. The second-order valence-corrected chi connectivity index (χ2v) is 8.14. The molecule has 0 saturated heterocycles. The Hall–Kier alpha value is -2.92. The minimum absolute atomic E-state index is 0.0871. The van der Waals surface area contributed by atoms with E-state index in [4.69, 9.17) is 12.2 Å². The number of benzene rings is 3. The molecule has 3 aromatic rings. The van der Waals surface area contributed by atoms with E-state index >= 15 is 0 Å². The predicted molar refractivity (Wildman–Crippen MR) is 120 cm³/mol. The van der Waals surface area contributed by atoms with Crippen LogP contribution in [0.4, 0.5) is 4.39 Å². The number of halogens is 1. The van der Waals surface area contributed by atoms with Crippen molar-refractivity contribution in [1.29, 1.82) is 0 Å². The number of nitrogens with zero attached hydrogens (tertiary/aromatic N) is 1. The van der Waals surface area contributed by atoms with E-state index in [1.165, 1.54) is 12.1 Å². The Kier molecular flexibility index (Phi) is 6.00. The average Bonchev–Trinajstić information content (AvgIpc) is 2.76. The van der Waals surface area contributed by atoms with Gasteiger partial charge in [-0.25, -0.2) is 4.39 Å². The molecule has 0 aromatic heterocycles. The lowest BCUT2D eigenvalue weighted by atomic mass is 9.87. The van der Waals surface area contributed by atoms with Gasteiger partial charge in [0.05, 0.1) is 11.0 Å². The summed E-state index contributed by atoms with van der Waals surface area (Å²) in [6.45, 7) is 0.756. The van der Waals surface area contributed by atoms with Gasteiger partial charge in [-0.2, -0.15) is 0 Å². The maximum absolute atomic E-state index is 13.1. The third kappa shape index (κ3) is 4.31. The topological polar surface area (TPSA) is 43.7 Å². The van der Waals surface area contributed by atoms with E-state index in [2.05, 4.69) is 17.0 Å². The molecule has 0 fully saturated rings. The molecule has 1 aliphatic rings. The molecular formula is C25H24FNO2S. The van der Waals surface area contributed by atoms with Crippen LogP contribution in [0.15, 0.2) is 66.7 Å². The first-order valence-corrected chi connectivity index (χ1v) is 10.6. The highest BCUT2D eigenvalue weighted by atomic mass is 32.1. The maximum atomic E-state index is 13.1. The van der Waals surface area contributed by atoms with Crippen LogP contribution in [0.2, 0.25) is 0 Å². The van der Waals surface area contributed by atoms with Gasteiger partial charge in [-0.3, -0.25) is 0 Å². The Balaban J connectivity index is 1.55. The largest absolute Gasteiger partial charge is 0.504 e. The predicted octanol–water partition coefficient (Wildman–Crippen LogP) is 5.53. The van der Waals surface area contributed by atoms with Crippen LogP contribution in [0, 0.1) is 5.82 Å². The lowest BCUT2D eigenvalue weighted by molar-refractivity contribution is 0.332. The quantitative estimate of drug-likeness (QED) is 0.420. The molecule has 3 nitrogen and oxygen atoms in total. The number of rotatable bonds is 5. The molecule has 2 N–H and O–H groups in total. The zero-order valence-corrected chi connectivity index (χ0v) is 17.4. The number of phenols is 2. The van der Waals surface area contributed by atoms with Crippen LogP contribution in [0.3, 0.4) is 0 Å². The van der Waals surface area contributed by atoms with Gasteiger partial charge in [-0.1, -0.05) is 54.7 Å². The molecule has 154 valence electrons. The second-order valence-electron chi connectivity index (χ2n) is 7.67. The Morgan fingerprint density at radius 1 is 1.00 bits per heavy atom. The summed E-state index contributed by atoms with van der Waals surface area (Å²) in [6.07, 6.45) is 3.24. The molecule has 30 heavy (non-hydrogen) atoms. The lowest BCUT2D eigenvalue weighted by Crippen LogP contribution is -2.39. The van der Waals surface area contributed by atoms with Crippen molar-refractivity contribution < 1.29 is 14.6 Å². The molecule has 1 unspecified atom stereocenters. The fourth-order valence-electron chi connectivity index (χ4n) is 4.15. The number of hydrogen-bond donors (Lipinski definition) is 2. The molecule has 5 heteroatoms. The van der Waals surface area contributed by atoms with Crippen molar-refractivity contribution in [2.45, 2.75) is 31.7 Å². The molecular weight excluding hydrogens is 397 g/mol. The average molecular weight is 422 g/mol. The highest BCUT2D eigenvalue weighted by molar-refractivity contribution is 7.80. The van der Waals surface area contributed by atoms with Crippen LogP contribution >= 0.6 is 12.2 Å². The summed E-state index contributed by atoms with van der Waals surface area (Å²) in [6, 6.07) is 20.0. The first-order chi connectivity index (χ1) is 14.5. The van der Waals surface area contributed by atoms with Crippen molar-refractivity contribution in [3.8, 4) is 11.5 Å². The second kappa shape index (κ2) is 8.84. The Labute approximate surface area is 181 Å². The zero-order valence-electron chi connectivity index (χ0n) is 16.6. The molecule has 0 bridgehead atoms. The van der Waals surface area contributed by atoms with Crippen LogP contribution in [0.25, 0.3) is 0 Å². The fourth-order valence-corrected chi connectivity index (χ4v) is 4.49. The summed E-state index contributed by atoms with van der Waals surface area (Å²) in [4.78, 5) is 3.11. The molecule has 0 radical (unpaired) electrons. The minimum atomic E-state index is -0.221. The summed E-state index contributed by atoms with van der Waals surface area (Å²) in [5.74, 6) is -0.420. The van der Waals surface area contributed by atoms with Gasteiger partial charge in [-0.15, -0.1) is 0 Å². The van der Waals surface area contributed by atoms with Gasteiger partial charge in [0, 0.05) is 6.54 Å². The number of fused-ring (bicyclic) bond motifs is 1. The zero-order chi connectivity index (χ0) is 21.1. The number of hydrogen-bond acceptors (Lipinski definition) is 3. The van der Waals surface area contributed by atoms with Crippen LogP contribution in [0.1, 0.15) is 41.1 Å². The van der Waals surface area contributed by atoms with E-state index < -0.39 is 0 Å². The lowest BCUT2D eigenvalue weighted by Gasteiger charge is -2.39. The highest BCUT2D eigenvalue weighted by Crippen LogP contribution is 2.40. The molecule has 0 aliphatic carbocycles. The van der Waals surface area contributed by atoms with Crippen molar-refractivity contribution in [3.63, 3.8) is 0 Å². The van der Waals surface area contributed by atoms with Gasteiger partial charge in [0.2, 0.25) is 0 Å². The first-order valence-electron chi connectivity index (χ1n) is 10.2. The van der Waals surface area contributed by atoms with Crippen LogP contribution < -0.4 is 0 Å². The monoisotopic (exact) mass is 421 g/mol. The number of aryl methyl sites for hydroxylation is 1. The summed E-state index contributed by atoms with van der Waals surface area (Å²) < 4.78 is 13.1. The normalized spacial score (nSPS) is 15.6. The van der Waals surface area contributed by atoms with Crippen molar-refractivity contribution in [2.24, 2.45) is 0 Å². The van der Waals surface area contributed by atoms with Crippen LogP contribution in [-0.4, -0.2) is 26.6 Å². The summed E-state index contributed by atoms with van der Waals surface area (Å²) in [7, 11) is 0. The van der Waals surface area contributed by atoms with E-state index in [0.29, 0.717) is 0 Å². The van der Waals surface area contributed by atoms with E-state index in [-0.39, 0.29) is 23.4 Å². The molecule has 1 aliphatic heterocycles. The van der Waals surface area contributed by atoms with Crippen molar-refractivity contribution in [2.75, 3.05) is 6.54 Å². The Bertz CT molecular complexity index is 1040. The van der Waals surface area contributed by atoms with Gasteiger partial charge in [0.15, 0.2) is 11.5 Å². The first kappa shape index (κ1) is 20.4. The third-order valence-electron chi connectivity index (χ3n) is 5.67. The van der Waals surface area contributed by atoms with Gasteiger partial charge in [0.1, 0.15) is 5.82 Å². The minimum Gasteiger partial charge on any atom is -0.504 e. The Morgan fingerprint density at radius 3 is 2.43 bits per heavy atom. The number of thiocarbonyl (C=S) groups is 1. The van der Waals surface area contributed by atoms with Crippen LogP contribution in [-0.2, 0) is 12.8 Å². The smallest absolute Gasteiger partial charge is 0.157 e. The summed E-state index contributed by atoms with van der Waals surface area (Å²) in [5, 5.41) is 20.1. The van der Waals surface area contributed by atoms with Crippen LogP contribution in [0.5, 0.6) is 11.5 Å². The SMILES string of the molecule is Oc1cc2c(cc1O)C(c1ccccc1)N(C(=S)CCCc1ccc(F)cc1)CC2. The number of phenolic OH excluding ortho intramolecular Hbond substituents is 2. The van der Waals surface area contributed by atoms with Gasteiger partial charge >= 0.3 is 0 Å². The summed E-state index contributed by atoms with van der Waals surface area (Å²) in [5.41, 5.74) is 4.21. The maximum Gasteiger partial charge on any atom is 0.157 e. The fraction of sp³-hybridized carbons (Fsp3) is 0.240. The molecule has 1 atom stereocenters. The van der Waals surface area contributed by atoms with E-state index in [1.807, 2.05) is 30.3 Å². The van der Waals surface area contributed by atoms with E-state index in [1.54, 1.807) is 12.1 Å². The molecule has 4 rings (SSSR count). The van der Waals surface area contributed by atoms with E-state index in [0.717, 1.165) is 59.5 Å². The van der Waals surface area contributed by atoms with Crippen molar-refractivity contribution in [3.05, 3.63) is 94.8 Å². The molecule has 0 saturated carbocycles. The van der Waals surface area contributed by atoms with Gasteiger partial charge < -0.3 is 15.1 Å². The highest BCUT2D eigenvalue weighted by Gasteiger charge is 2.31.